The predicted octanol–water partition coefficient (Wildman–Crippen LogP) is 7.05. The Labute approximate surface area is 199 Å². The van der Waals surface area contributed by atoms with Crippen LogP contribution in [0.3, 0.4) is 0 Å². The number of rotatable bonds is 7. The number of nitrogens with zero attached hydrogens (tertiary/aromatic N) is 2. The summed E-state index contributed by atoms with van der Waals surface area (Å²) in [4.78, 5) is 18.0. The van der Waals surface area contributed by atoms with Crippen LogP contribution in [0.25, 0.3) is 22.2 Å². The molecule has 4 nitrogen and oxygen atoms in total. The summed E-state index contributed by atoms with van der Waals surface area (Å²) in [5.74, 6) is -0.296. The van der Waals surface area contributed by atoms with Gasteiger partial charge in [0.25, 0.3) is 5.91 Å². The van der Waals surface area contributed by atoms with E-state index < -0.39 is 0 Å². The number of benzene rings is 3. The van der Waals surface area contributed by atoms with Crippen LogP contribution < -0.4 is 5.43 Å². The van der Waals surface area contributed by atoms with Gasteiger partial charge in [0.1, 0.15) is 0 Å². The molecule has 1 amide bonds. The zero-order chi connectivity index (χ0) is 23.2. The third kappa shape index (κ3) is 5.12. The molecule has 0 atom stereocenters. The first-order chi connectivity index (χ1) is 16.1. The van der Waals surface area contributed by atoms with Crippen LogP contribution in [0.4, 0.5) is 0 Å². The fourth-order valence-corrected chi connectivity index (χ4v) is 4.05. The molecule has 33 heavy (non-hydrogen) atoms. The van der Waals surface area contributed by atoms with Crippen LogP contribution in [-0.2, 0) is 6.42 Å². The Bertz CT molecular complexity index is 1300. The molecule has 0 aliphatic heterocycles. The number of halogens is 1. The monoisotopic (exact) mass is 455 g/mol. The summed E-state index contributed by atoms with van der Waals surface area (Å²) in [5, 5.41) is 5.66. The molecule has 0 bridgehead atoms. The van der Waals surface area contributed by atoms with E-state index in [2.05, 4.69) is 41.7 Å². The van der Waals surface area contributed by atoms with Gasteiger partial charge in [-0.2, -0.15) is 5.10 Å². The van der Waals surface area contributed by atoms with Crippen molar-refractivity contribution in [1.29, 1.82) is 0 Å². The van der Waals surface area contributed by atoms with E-state index in [0.29, 0.717) is 33.6 Å². The molecule has 0 saturated heterocycles. The third-order valence-electron chi connectivity index (χ3n) is 5.56. The summed E-state index contributed by atoms with van der Waals surface area (Å²) in [7, 11) is 0. The molecule has 0 aliphatic carbocycles. The summed E-state index contributed by atoms with van der Waals surface area (Å²) in [6.45, 7) is 4.20. The van der Waals surface area contributed by atoms with Crippen molar-refractivity contribution < 1.29 is 4.79 Å². The van der Waals surface area contributed by atoms with Crippen molar-refractivity contribution in [2.24, 2.45) is 5.10 Å². The van der Waals surface area contributed by atoms with Crippen molar-refractivity contribution in [3.05, 3.63) is 101 Å². The molecule has 0 unspecified atom stereocenters. The standard InChI is InChI=1S/C28H26ClN3O/c1-3-9-19-14-16-21(17-15-19)25(4-2)31-32-28(33)23-18-26(20-10-6-5-7-11-20)30-27-22(23)12-8-13-24(27)29/h5-8,10-18H,3-4,9H2,1-2H3,(H,32,33). The molecule has 0 aliphatic rings. The molecule has 4 rings (SSSR count). The highest BCUT2D eigenvalue weighted by molar-refractivity contribution is 6.35. The van der Waals surface area contributed by atoms with Crippen LogP contribution in [0.2, 0.25) is 5.02 Å². The first-order valence-corrected chi connectivity index (χ1v) is 11.6. The van der Waals surface area contributed by atoms with Gasteiger partial charge in [-0.3, -0.25) is 4.79 Å². The highest BCUT2D eigenvalue weighted by Gasteiger charge is 2.16. The zero-order valence-electron chi connectivity index (χ0n) is 18.8. The average molecular weight is 456 g/mol. The fraction of sp³-hybridized carbons (Fsp3) is 0.179. The Morgan fingerprint density at radius 1 is 0.970 bits per heavy atom. The number of carbonyl (C=O) groups is 1. The van der Waals surface area contributed by atoms with Gasteiger partial charge in [-0.05, 0) is 36.1 Å². The molecule has 4 aromatic rings. The lowest BCUT2D eigenvalue weighted by molar-refractivity contribution is 0.0956. The van der Waals surface area contributed by atoms with Crippen molar-refractivity contribution >= 4 is 34.1 Å². The number of hydrazone groups is 1. The number of para-hydroxylation sites is 1. The second-order valence-electron chi connectivity index (χ2n) is 7.86. The number of nitrogens with one attached hydrogen (secondary N) is 1. The Morgan fingerprint density at radius 3 is 2.42 bits per heavy atom. The summed E-state index contributed by atoms with van der Waals surface area (Å²) >= 11 is 6.44. The van der Waals surface area contributed by atoms with E-state index in [1.807, 2.05) is 49.4 Å². The molecule has 0 fully saturated rings. The maximum absolute atomic E-state index is 13.3. The molecule has 1 heterocycles. The zero-order valence-corrected chi connectivity index (χ0v) is 19.6. The van der Waals surface area contributed by atoms with Crippen molar-refractivity contribution in [3.63, 3.8) is 0 Å². The molecule has 0 saturated carbocycles. The second-order valence-corrected chi connectivity index (χ2v) is 8.26. The van der Waals surface area contributed by atoms with Crippen LogP contribution in [0.5, 0.6) is 0 Å². The number of carbonyl (C=O) groups excluding carboxylic acids is 1. The van der Waals surface area contributed by atoms with Crippen LogP contribution in [0.1, 0.15) is 48.2 Å². The maximum Gasteiger partial charge on any atom is 0.272 e. The minimum atomic E-state index is -0.296. The molecule has 0 spiro atoms. The molecular formula is C28H26ClN3O. The Hall–Kier alpha value is -3.50. The van der Waals surface area contributed by atoms with E-state index in [1.165, 1.54) is 5.56 Å². The van der Waals surface area contributed by atoms with Crippen LogP contribution in [0.15, 0.2) is 84.0 Å². The Kier molecular flexibility index (Phi) is 7.16. The van der Waals surface area contributed by atoms with Gasteiger partial charge in [0.2, 0.25) is 0 Å². The minimum Gasteiger partial charge on any atom is -0.267 e. The van der Waals surface area contributed by atoms with Crippen LogP contribution in [0, 0.1) is 0 Å². The normalized spacial score (nSPS) is 11.5. The minimum absolute atomic E-state index is 0.296. The van der Waals surface area contributed by atoms with Crippen LogP contribution >= 0.6 is 11.6 Å². The van der Waals surface area contributed by atoms with Gasteiger partial charge in [0.15, 0.2) is 0 Å². The first-order valence-electron chi connectivity index (χ1n) is 11.2. The van der Waals surface area contributed by atoms with Gasteiger partial charge in [-0.25, -0.2) is 10.4 Å². The Balaban J connectivity index is 1.69. The topological polar surface area (TPSA) is 54.4 Å². The lowest BCUT2D eigenvalue weighted by atomic mass is 10.0. The number of aryl methyl sites for hydroxylation is 1. The lowest BCUT2D eigenvalue weighted by Crippen LogP contribution is -2.20. The first kappa shape index (κ1) is 22.7. The van der Waals surface area contributed by atoms with Gasteiger partial charge < -0.3 is 0 Å². The van der Waals surface area contributed by atoms with Crippen molar-refractivity contribution in [2.45, 2.75) is 33.1 Å². The second kappa shape index (κ2) is 10.4. The number of aromatic nitrogens is 1. The highest BCUT2D eigenvalue weighted by Crippen LogP contribution is 2.29. The third-order valence-corrected chi connectivity index (χ3v) is 5.86. The molecule has 1 aromatic heterocycles. The molecule has 1 N–H and O–H groups in total. The van der Waals surface area contributed by atoms with Crippen LogP contribution in [-0.4, -0.2) is 16.6 Å². The van der Waals surface area contributed by atoms with Crippen molar-refractivity contribution in [1.82, 2.24) is 10.4 Å². The van der Waals surface area contributed by atoms with Gasteiger partial charge in [-0.15, -0.1) is 0 Å². The number of hydrogen-bond acceptors (Lipinski definition) is 3. The number of amides is 1. The Morgan fingerprint density at radius 2 is 1.73 bits per heavy atom. The highest BCUT2D eigenvalue weighted by atomic mass is 35.5. The van der Waals surface area contributed by atoms with Gasteiger partial charge in [0.05, 0.1) is 27.5 Å². The average Bonchev–Trinajstić information content (AvgIpc) is 2.85. The summed E-state index contributed by atoms with van der Waals surface area (Å²) in [5.41, 5.74) is 8.57. The van der Waals surface area contributed by atoms with Gasteiger partial charge in [-0.1, -0.05) is 98.6 Å². The summed E-state index contributed by atoms with van der Waals surface area (Å²) in [6, 6.07) is 25.4. The fourth-order valence-electron chi connectivity index (χ4n) is 3.84. The van der Waals surface area contributed by atoms with E-state index in [0.717, 1.165) is 29.7 Å². The quantitative estimate of drug-likeness (QED) is 0.239. The number of hydrogen-bond donors (Lipinski definition) is 1. The summed E-state index contributed by atoms with van der Waals surface area (Å²) in [6.07, 6.45) is 2.86. The molecule has 3 aromatic carbocycles. The van der Waals surface area contributed by atoms with E-state index in [4.69, 9.17) is 16.6 Å². The van der Waals surface area contributed by atoms with Gasteiger partial charge >= 0.3 is 0 Å². The smallest absolute Gasteiger partial charge is 0.267 e. The number of fused-ring (bicyclic) bond motifs is 1. The SMILES string of the molecule is CCCc1ccc(C(CC)=NNC(=O)c2cc(-c3ccccc3)nc3c(Cl)cccc23)cc1. The van der Waals surface area contributed by atoms with Crippen molar-refractivity contribution in [3.8, 4) is 11.3 Å². The molecule has 0 radical (unpaired) electrons. The molecule has 5 heteroatoms. The van der Waals surface area contributed by atoms with E-state index >= 15 is 0 Å². The predicted molar refractivity (Wildman–Crippen MR) is 137 cm³/mol. The summed E-state index contributed by atoms with van der Waals surface area (Å²) < 4.78 is 0. The maximum atomic E-state index is 13.3. The molecule has 166 valence electrons. The number of pyridine rings is 1. The van der Waals surface area contributed by atoms with E-state index in [9.17, 15) is 4.79 Å². The van der Waals surface area contributed by atoms with Gasteiger partial charge in [0, 0.05) is 10.9 Å². The van der Waals surface area contributed by atoms with E-state index in [-0.39, 0.29) is 5.91 Å². The molecular weight excluding hydrogens is 430 g/mol. The van der Waals surface area contributed by atoms with Crippen molar-refractivity contribution in [2.75, 3.05) is 0 Å². The largest absolute Gasteiger partial charge is 0.272 e. The lowest BCUT2D eigenvalue weighted by Gasteiger charge is -2.11. The van der Waals surface area contributed by atoms with E-state index in [1.54, 1.807) is 12.1 Å².